The van der Waals surface area contributed by atoms with Gasteiger partial charge >= 0.3 is 5.97 Å². The topological polar surface area (TPSA) is 90.7 Å². The SMILES string of the molecule is CN(C)C(=O)c1cc(-c2ccc(-c3ccc(C(=O)O)cc3F)cn2)c2ccccc2c1O. The minimum Gasteiger partial charge on any atom is -0.506 e. The summed E-state index contributed by atoms with van der Waals surface area (Å²) in [5, 5.41) is 20.9. The highest BCUT2D eigenvalue weighted by Crippen LogP contribution is 2.37. The first kappa shape index (κ1) is 21.0. The van der Waals surface area contributed by atoms with Gasteiger partial charge in [0.15, 0.2) is 0 Å². The van der Waals surface area contributed by atoms with Gasteiger partial charge in [-0.1, -0.05) is 36.4 Å². The van der Waals surface area contributed by atoms with Gasteiger partial charge in [0.1, 0.15) is 11.6 Å². The number of hydrogen-bond donors (Lipinski definition) is 2. The molecule has 7 heteroatoms. The van der Waals surface area contributed by atoms with Gasteiger partial charge in [-0.3, -0.25) is 9.78 Å². The van der Waals surface area contributed by atoms with Crippen LogP contribution in [0.2, 0.25) is 0 Å². The number of rotatable bonds is 4. The molecule has 1 aromatic heterocycles. The van der Waals surface area contributed by atoms with E-state index >= 15 is 0 Å². The number of fused-ring (bicyclic) bond motifs is 1. The van der Waals surface area contributed by atoms with Crippen molar-refractivity contribution in [3.63, 3.8) is 0 Å². The molecule has 160 valence electrons. The van der Waals surface area contributed by atoms with Crippen LogP contribution in [-0.4, -0.2) is 46.1 Å². The zero-order chi connectivity index (χ0) is 23.0. The lowest BCUT2D eigenvalue weighted by Crippen LogP contribution is -2.21. The molecule has 1 amide bonds. The van der Waals surface area contributed by atoms with E-state index in [1.54, 1.807) is 44.4 Å². The molecule has 0 aliphatic carbocycles. The molecule has 0 atom stereocenters. The maximum atomic E-state index is 14.4. The van der Waals surface area contributed by atoms with Crippen LogP contribution >= 0.6 is 0 Å². The van der Waals surface area contributed by atoms with E-state index in [0.29, 0.717) is 22.2 Å². The van der Waals surface area contributed by atoms with E-state index in [0.717, 1.165) is 11.5 Å². The number of carbonyl (C=O) groups excluding carboxylic acids is 1. The Bertz CT molecular complexity index is 1360. The molecule has 0 aliphatic rings. The van der Waals surface area contributed by atoms with Crippen LogP contribution in [0.15, 0.2) is 66.9 Å². The maximum Gasteiger partial charge on any atom is 0.335 e. The van der Waals surface area contributed by atoms with Crippen molar-refractivity contribution in [2.24, 2.45) is 0 Å². The number of carboxylic acid groups (broad SMARTS) is 1. The first-order valence-electron chi connectivity index (χ1n) is 9.74. The summed E-state index contributed by atoms with van der Waals surface area (Å²) in [5.74, 6) is -2.30. The number of aromatic nitrogens is 1. The Morgan fingerprint density at radius 2 is 1.66 bits per heavy atom. The van der Waals surface area contributed by atoms with Crippen LogP contribution in [0.5, 0.6) is 5.75 Å². The first-order chi connectivity index (χ1) is 15.3. The number of hydrogen-bond acceptors (Lipinski definition) is 4. The number of phenolic OH excluding ortho intramolecular Hbond substituents is 1. The van der Waals surface area contributed by atoms with Crippen molar-refractivity contribution in [1.82, 2.24) is 9.88 Å². The van der Waals surface area contributed by atoms with Crippen molar-refractivity contribution in [2.75, 3.05) is 14.1 Å². The predicted octanol–water partition coefficient (Wildman–Crippen LogP) is 4.81. The highest BCUT2D eigenvalue weighted by Gasteiger charge is 2.20. The quantitative estimate of drug-likeness (QED) is 0.485. The van der Waals surface area contributed by atoms with Crippen molar-refractivity contribution in [3.05, 3.63) is 83.8 Å². The second-order valence-corrected chi connectivity index (χ2v) is 7.50. The Kier molecular flexibility index (Phi) is 5.32. The zero-order valence-corrected chi connectivity index (χ0v) is 17.3. The van der Waals surface area contributed by atoms with Crippen LogP contribution in [0.4, 0.5) is 4.39 Å². The Labute approximate surface area is 183 Å². The highest BCUT2D eigenvalue weighted by atomic mass is 19.1. The Morgan fingerprint density at radius 1 is 0.938 bits per heavy atom. The Morgan fingerprint density at radius 3 is 2.25 bits per heavy atom. The summed E-state index contributed by atoms with van der Waals surface area (Å²) >= 11 is 0. The van der Waals surface area contributed by atoms with Crippen LogP contribution in [0.1, 0.15) is 20.7 Å². The minimum absolute atomic E-state index is 0.0970. The van der Waals surface area contributed by atoms with E-state index in [2.05, 4.69) is 4.98 Å². The van der Waals surface area contributed by atoms with E-state index in [1.807, 2.05) is 12.1 Å². The Balaban J connectivity index is 1.83. The molecule has 0 bridgehead atoms. The highest BCUT2D eigenvalue weighted by molar-refractivity contribution is 6.08. The van der Waals surface area contributed by atoms with Crippen molar-refractivity contribution < 1.29 is 24.2 Å². The molecule has 0 aliphatic heterocycles. The lowest BCUT2D eigenvalue weighted by Gasteiger charge is -2.16. The number of aromatic carboxylic acids is 1. The normalized spacial score (nSPS) is 10.8. The first-order valence-corrected chi connectivity index (χ1v) is 9.74. The summed E-state index contributed by atoms with van der Waals surface area (Å²) in [5.41, 5.74) is 1.93. The lowest BCUT2D eigenvalue weighted by atomic mass is 9.96. The molecule has 2 N–H and O–H groups in total. The van der Waals surface area contributed by atoms with Gasteiger partial charge in [0, 0.05) is 42.4 Å². The van der Waals surface area contributed by atoms with E-state index in [1.165, 1.54) is 23.2 Å². The number of halogens is 1. The number of nitrogens with zero attached hydrogens (tertiary/aromatic N) is 2. The third-order valence-corrected chi connectivity index (χ3v) is 5.22. The third kappa shape index (κ3) is 3.65. The van der Waals surface area contributed by atoms with Crippen molar-refractivity contribution >= 4 is 22.6 Å². The summed E-state index contributed by atoms with van der Waals surface area (Å²) in [6.07, 6.45) is 1.49. The van der Waals surface area contributed by atoms with E-state index in [-0.39, 0.29) is 28.3 Å². The van der Waals surface area contributed by atoms with Gasteiger partial charge in [-0.05, 0) is 29.7 Å². The van der Waals surface area contributed by atoms with Gasteiger partial charge in [-0.2, -0.15) is 0 Å². The molecule has 3 aromatic carbocycles. The van der Waals surface area contributed by atoms with E-state index in [9.17, 15) is 19.1 Å². The number of pyridine rings is 1. The average molecular weight is 430 g/mol. The number of phenols is 1. The Hall–Kier alpha value is -4.26. The van der Waals surface area contributed by atoms with Gasteiger partial charge < -0.3 is 15.1 Å². The molecule has 0 saturated heterocycles. The van der Waals surface area contributed by atoms with Gasteiger partial charge in [-0.15, -0.1) is 0 Å². The molecule has 0 saturated carbocycles. The number of carboxylic acids is 1. The molecule has 32 heavy (non-hydrogen) atoms. The molecular formula is C25H19FN2O4. The van der Waals surface area contributed by atoms with Gasteiger partial charge in [-0.25, -0.2) is 9.18 Å². The predicted molar refractivity (Wildman–Crippen MR) is 119 cm³/mol. The molecule has 0 spiro atoms. The number of aromatic hydroxyl groups is 1. The van der Waals surface area contributed by atoms with Crippen molar-refractivity contribution in [3.8, 4) is 28.1 Å². The zero-order valence-electron chi connectivity index (χ0n) is 17.3. The molecule has 0 fully saturated rings. The minimum atomic E-state index is -1.20. The summed E-state index contributed by atoms with van der Waals surface area (Å²) in [7, 11) is 3.21. The smallest absolute Gasteiger partial charge is 0.335 e. The van der Waals surface area contributed by atoms with Gasteiger partial charge in [0.25, 0.3) is 5.91 Å². The van der Waals surface area contributed by atoms with E-state index < -0.39 is 11.8 Å². The fraction of sp³-hybridized carbons (Fsp3) is 0.0800. The number of carbonyl (C=O) groups is 2. The monoisotopic (exact) mass is 430 g/mol. The van der Waals surface area contributed by atoms with Crippen LogP contribution in [0.25, 0.3) is 33.2 Å². The standard InChI is InChI=1S/C25H19FN2O4/c1-28(2)24(30)20-12-19(17-5-3-4-6-18(17)23(20)29)22-10-8-15(13-27-22)16-9-7-14(25(31)32)11-21(16)26/h3-13,29H,1-2H3,(H,31,32). The largest absolute Gasteiger partial charge is 0.506 e. The van der Waals surface area contributed by atoms with Gasteiger partial charge in [0.2, 0.25) is 0 Å². The molecule has 4 aromatic rings. The number of amides is 1. The molecule has 0 radical (unpaired) electrons. The molecular weight excluding hydrogens is 411 g/mol. The van der Waals surface area contributed by atoms with Crippen molar-refractivity contribution in [1.29, 1.82) is 0 Å². The van der Waals surface area contributed by atoms with Crippen LogP contribution < -0.4 is 0 Å². The third-order valence-electron chi connectivity index (χ3n) is 5.22. The number of benzene rings is 3. The van der Waals surface area contributed by atoms with Gasteiger partial charge in [0.05, 0.1) is 16.8 Å². The van der Waals surface area contributed by atoms with E-state index in [4.69, 9.17) is 5.11 Å². The van der Waals surface area contributed by atoms with Crippen LogP contribution in [0, 0.1) is 5.82 Å². The molecule has 1 heterocycles. The summed E-state index contributed by atoms with van der Waals surface area (Å²) in [6, 6.07) is 15.8. The average Bonchev–Trinajstić information content (AvgIpc) is 2.79. The maximum absolute atomic E-state index is 14.4. The lowest BCUT2D eigenvalue weighted by molar-refractivity contribution is 0.0695. The summed E-state index contributed by atoms with van der Waals surface area (Å²) < 4.78 is 14.4. The summed E-state index contributed by atoms with van der Waals surface area (Å²) in [6.45, 7) is 0. The molecule has 6 nitrogen and oxygen atoms in total. The fourth-order valence-electron chi connectivity index (χ4n) is 3.57. The van der Waals surface area contributed by atoms with Crippen LogP contribution in [0.3, 0.4) is 0 Å². The second kappa shape index (κ2) is 8.11. The second-order valence-electron chi connectivity index (χ2n) is 7.50. The summed E-state index contributed by atoms with van der Waals surface area (Å²) in [4.78, 5) is 29.5. The molecule has 4 rings (SSSR count). The van der Waals surface area contributed by atoms with Crippen molar-refractivity contribution in [2.45, 2.75) is 0 Å². The molecule has 0 unspecified atom stereocenters. The fourth-order valence-corrected chi connectivity index (χ4v) is 3.57. The van der Waals surface area contributed by atoms with Crippen LogP contribution in [-0.2, 0) is 0 Å².